The number of benzene rings is 2. The van der Waals surface area contributed by atoms with E-state index < -0.39 is 0 Å². The van der Waals surface area contributed by atoms with Gasteiger partial charge in [0.05, 0.1) is 24.3 Å². The van der Waals surface area contributed by atoms with E-state index in [1.54, 1.807) is 22.9 Å². The van der Waals surface area contributed by atoms with Crippen LogP contribution in [0.15, 0.2) is 78.2 Å². The number of nitrogens with one attached hydrogen (secondary N) is 1. The van der Waals surface area contributed by atoms with Crippen LogP contribution < -0.4 is 5.32 Å². The molecule has 0 unspecified atom stereocenters. The van der Waals surface area contributed by atoms with E-state index in [1.165, 1.54) is 28.4 Å². The van der Waals surface area contributed by atoms with E-state index in [0.717, 1.165) is 10.4 Å². The number of carbonyl (C=O) groups is 2. The summed E-state index contributed by atoms with van der Waals surface area (Å²) in [6, 6.07) is 21.0. The Hall–Kier alpha value is -3.78. The van der Waals surface area contributed by atoms with Gasteiger partial charge in [0, 0.05) is 23.1 Å². The van der Waals surface area contributed by atoms with Gasteiger partial charge in [-0.05, 0) is 42.6 Å². The van der Waals surface area contributed by atoms with Crippen LogP contribution in [0.25, 0.3) is 16.9 Å². The molecule has 1 N–H and O–H groups in total. The van der Waals surface area contributed by atoms with Crippen molar-refractivity contribution >= 4 is 29.0 Å². The van der Waals surface area contributed by atoms with Crippen LogP contribution in [0.4, 0.5) is 10.2 Å². The lowest BCUT2D eigenvalue weighted by Gasteiger charge is -2.20. The second-order valence-corrected chi connectivity index (χ2v) is 8.41. The van der Waals surface area contributed by atoms with Crippen molar-refractivity contribution in [2.24, 2.45) is 0 Å². The number of hydrogen-bond donors (Lipinski definition) is 1. The lowest BCUT2D eigenvalue weighted by Crippen LogP contribution is -2.38. The van der Waals surface area contributed by atoms with Gasteiger partial charge in [-0.15, -0.1) is 11.3 Å². The number of likely N-dealkylation sites (N-methyl/N-ethyl adjacent to an activating group) is 1. The molecule has 6 nitrogen and oxygen atoms in total. The number of anilines is 1. The number of aromatic nitrogens is 2. The number of carbonyl (C=O) groups excluding carboxylic acids is 2. The Kier molecular flexibility index (Phi) is 6.95. The maximum Gasteiger partial charge on any atom is 0.245 e. The highest BCUT2D eigenvalue weighted by atomic mass is 32.1. The Morgan fingerprint density at radius 3 is 2.48 bits per heavy atom. The van der Waals surface area contributed by atoms with Crippen molar-refractivity contribution in [3.63, 3.8) is 0 Å². The number of nitrogens with zero attached hydrogens (tertiary/aromatic N) is 3. The average Bonchev–Trinajstić information content (AvgIpc) is 3.49. The number of thiophene rings is 1. The first-order valence-corrected chi connectivity index (χ1v) is 11.4. The molecule has 0 aliphatic heterocycles. The highest BCUT2D eigenvalue weighted by Gasteiger charge is 2.19. The number of amides is 2. The molecule has 0 aliphatic rings. The summed E-state index contributed by atoms with van der Waals surface area (Å²) in [6.45, 7) is 2.19. The van der Waals surface area contributed by atoms with Gasteiger partial charge in [0.15, 0.2) is 0 Å². The van der Waals surface area contributed by atoms with Crippen molar-refractivity contribution < 1.29 is 14.0 Å². The fraction of sp³-hybridized carbons (Fsp3) is 0.160. The molecule has 4 aromatic rings. The molecule has 168 valence electrons. The Labute approximate surface area is 195 Å². The largest absolute Gasteiger partial charge is 0.333 e. The van der Waals surface area contributed by atoms with Crippen molar-refractivity contribution in [2.75, 3.05) is 18.4 Å². The molecule has 0 aliphatic carbocycles. The smallest absolute Gasteiger partial charge is 0.245 e. The van der Waals surface area contributed by atoms with Gasteiger partial charge in [0.1, 0.15) is 11.6 Å². The molecule has 2 heterocycles. The van der Waals surface area contributed by atoms with Gasteiger partial charge in [0.25, 0.3) is 0 Å². The summed E-state index contributed by atoms with van der Waals surface area (Å²) in [5, 5.41) is 9.41. The van der Waals surface area contributed by atoms with Gasteiger partial charge < -0.3 is 10.2 Å². The van der Waals surface area contributed by atoms with Crippen LogP contribution >= 0.6 is 11.3 Å². The molecule has 0 radical (unpaired) electrons. The topological polar surface area (TPSA) is 67.2 Å². The van der Waals surface area contributed by atoms with E-state index in [0.29, 0.717) is 23.7 Å². The highest BCUT2D eigenvalue weighted by molar-refractivity contribution is 7.10. The normalized spacial score (nSPS) is 10.7. The third-order valence-electron chi connectivity index (χ3n) is 5.09. The van der Waals surface area contributed by atoms with Crippen LogP contribution in [0.1, 0.15) is 11.8 Å². The van der Waals surface area contributed by atoms with E-state index in [-0.39, 0.29) is 30.6 Å². The van der Waals surface area contributed by atoms with Gasteiger partial charge in [-0.1, -0.05) is 36.4 Å². The summed E-state index contributed by atoms with van der Waals surface area (Å²) in [5.41, 5.74) is 2.15. The van der Waals surface area contributed by atoms with Crippen molar-refractivity contribution in [3.8, 4) is 16.9 Å². The zero-order valence-electron chi connectivity index (χ0n) is 18.1. The van der Waals surface area contributed by atoms with Gasteiger partial charge in [0.2, 0.25) is 11.8 Å². The Bertz CT molecular complexity index is 1220. The van der Waals surface area contributed by atoms with Crippen LogP contribution in [0.2, 0.25) is 0 Å². The van der Waals surface area contributed by atoms with Crippen LogP contribution in [0.3, 0.4) is 0 Å². The molecule has 2 aromatic heterocycles. The number of halogens is 1. The van der Waals surface area contributed by atoms with Gasteiger partial charge in [-0.3, -0.25) is 9.59 Å². The summed E-state index contributed by atoms with van der Waals surface area (Å²) in [7, 11) is 0. The minimum absolute atomic E-state index is 0.0734. The molecular weight excluding hydrogens is 439 g/mol. The molecular formula is C25H23FN4O2S. The van der Waals surface area contributed by atoms with E-state index in [4.69, 9.17) is 0 Å². The maximum absolute atomic E-state index is 13.4. The van der Waals surface area contributed by atoms with Crippen molar-refractivity contribution in [1.82, 2.24) is 14.7 Å². The molecule has 0 atom stereocenters. The second-order valence-electron chi connectivity index (χ2n) is 7.38. The van der Waals surface area contributed by atoms with Crippen LogP contribution in [0, 0.1) is 5.82 Å². The van der Waals surface area contributed by atoms with Gasteiger partial charge in [-0.25, -0.2) is 9.07 Å². The van der Waals surface area contributed by atoms with E-state index >= 15 is 0 Å². The standard InChI is InChI=1S/C25H23FN4O2S/c1-2-29(25(32)15-21-9-6-14-33-21)17-24(31)27-23-16-22(18-7-4-3-5-8-18)28-30(23)20-12-10-19(26)11-13-20/h3-14,16H,2,15,17H2,1H3,(H,27,31). The molecule has 0 fully saturated rings. The summed E-state index contributed by atoms with van der Waals surface area (Å²) in [5.74, 6) is -0.360. The van der Waals surface area contributed by atoms with Gasteiger partial charge in [-0.2, -0.15) is 5.10 Å². The van der Waals surface area contributed by atoms with Crippen molar-refractivity contribution in [2.45, 2.75) is 13.3 Å². The maximum atomic E-state index is 13.4. The molecule has 4 rings (SSSR count). The third kappa shape index (κ3) is 5.53. The predicted molar refractivity (Wildman–Crippen MR) is 128 cm³/mol. The Morgan fingerprint density at radius 2 is 1.82 bits per heavy atom. The molecule has 33 heavy (non-hydrogen) atoms. The first kappa shape index (κ1) is 22.4. The molecule has 0 saturated carbocycles. The average molecular weight is 463 g/mol. The van der Waals surface area contributed by atoms with E-state index in [1.807, 2.05) is 54.8 Å². The number of hydrogen-bond acceptors (Lipinski definition) is 4. The third-order valence-corrected chi connectivity index (χ3v) is 5.97. The molecule has 0 spiro atoms. The Morgan fingerprint density at radius 1 is 1.06 bits per heavy atom. The van der Waals surface area contributed by atoms with Crippen molar-refractivity contribution in [3.05, 3.63) is 88.9 Å². The summed E-state index contributed by atoms with van der Waals surface area (Å²) in [6.07, 6.45) is 0.268. The van der Waals surface area contributed by atoms with E-state index in [2.05, 4.69) is 10.4 Å². The summed E-state index contributed by atoms with van der Waals surface area (Å²) in [4.78, 5) is 28.0. The zero-order valence-corrected chi connectivity index (χ0v) is 18.9. The highest BCUT2D eigenvalue weighted by Crippen LogP contribution is 2.25. The van der Waals surface area contributed by atoms with Crippen molar-refractivity contribution in [1.29, 1.82) is 0 Å². The lowest BCUT2D eigenvalue weighted by molar-refractivity contribution is -0.133. The first-order valence-electron chi connectivity index (χ1n) is 10.5. The summed E-state index contributed by atoms with van der Waals surface area (Å²) >= 11 is 1.52. The minimum Gasteiger partial charge on any atom is -0.333 e. The summed E-state index contributed by atoms with van der Waals surface area (Å²) < 4.78 is 15.0. The molecule has 8 heteroatoms. The van der Waals surface area contributed by atoms with Crippen LogP contribution in [0.5, 0.6) is 0 Å². The second kappa shape index (κ2) is 10.2. The number of rotatable bonds is 8. The molecule has 2 aromatic carbocycles. The minimum atomic E-state index is -0.359. The van der Waals surface area contributed by atoms with Gasteiger partial charge >= 0.3 is 0 Å². The molecule has 2 amide bonds. The lowest BCUT2D eigenvalue weighted by atomic mass is 10.1. The fourth-order valence-corrected chi connectivity index (χ4v) is 4.10. The SMILES string of the molecule is CCN(CC(=O)Nc1cc(-c2ccccc2)nn1-c1ccc(F)cc1)C(=O)Cc1cccs1. The van der Waals surface area contributed by atoms with Crippen LogP contribution in [-0.4, -0.2) is 39.6 Å². The monoisotopic (exact) mass is 462 g/mol. The predicted octanol–water partition coefficient (Wildman–Crippen LogP) is 4.77. The quantitative estimate of drug-likeness (QED) is 0.410. The van der Waals surface area contributed by atoms with Crippen LogP contribution in [-0.2, 0) is 16.0 Å². The van der Waals surface area contributed by atoms with E-state index in [9.17, 15) is 14.0 Å². The molecule has 0 bridgehead atoms. The zero-order chi connectivity index (χ0) is 23.2. The Balaban J connectivity index is 1.55. The fourth-order valence-electron chi connectivity index (χ4n) is 3.41. The first-order chi connectivity index (χ1) is 16.0. The molecule has 0 saturated heterocycles.